The molecule has 25 heavy (non-hydrogen) atoms. The zero-order chi connectivity index (χ0) is 17.9. The number of unbranched alkanes of at least 4 members (excludes halogenated alkanes) is 4. The van der Waals surface area contributed by atoms with Crippen molar-refractivity contribution in [1.82, 2.24) is 0 Å². The molecule has 0 atom stereocenters. The van der Waals surface area contributed by atoms with Gasteiger partial charge < -0.3 is 10.1 Å². The van der Waals surface area contributed by atoms with Gasteiger partial charge in [0.1, 0.15) is 5.75 Å². The second-order valence-electron chi connectivity index (χ2n) is 6.14. The molecule has 0 unspecified atom stereocenters. The van der Waals surface area contributed by atoms with Gasteiger partial charge in [0, 0.05) is 10.7 Å². The summed E-state index contributed by atoms with van der Waals surface area (Å²) in [5.41, 5.74) is 1.71. The van der Waals surface area contributed by atoms with Crippen molar-refractivity contribution >= 4 is 23.2 Å². The third kappa shape index (κ3) is 7.61. The lowest BCUT2D eigenvalue weighted by atomic mass is 10.1. The molecule has 0 aliphatic heterocycles. The van der Waals surface area contributed by atoms with E-state index >= 15 is 0 Å². The van der Waals surface area contributed by atoms with Crippen LogP contribution in [0.25, 0.3) is 0 Å². The molecule has 0 heterocycles. The number of benzene rings is 2. The predicted molar refractivity (Wildman–Crippen MR) is 104 cm³/mol. The van der Waals surface area contributed by atoms with E-state index in [1.807, 2.05) is 36.4 Å². The lowest BCUT2D eigenvalue weighted by molar-refractivity contribution is -0.115. The summed E-state index contributed by atoms with van der Waals surface area (Å²) in [4.78, 5) is 12.1. The Balaban J connectivity index is 1.72. The van der Waals surface area contributed by atoms with Crippen LogP contribution in [0, 0.1) is 0 Å². The minimum Gasteiger partial charge on any atom is -0.494 e. The van der Waals surface area contributed by atoms with Crippen LogP contribution < -0.4 is 10.1 Å². The highest BCUT2D eigenvalue weighted by Gasteiger charge is 2.04. The van der Waals surface area contributed by atoms with E-state index in [9.17, 15) is 4.79 Å². The molecule has 134 valence electrons. The Morgan fingerprint density at radius 1 is 0.960 bits per heavy atom. The quantitative estimate of drug-likeness (QED) is 0.538. The standard InChI is InChI=1S/C21H26ClNO2/c1-2-3-4-5-6-15-25-20-13-11-19(12-14-20)23-21(24)16-17-7-9-18(22)10-8-17/h7-14H,2-6,15-16H2,1H3,(H,23,24). The molecule has 2 rings (SSSR count). The maximum Gasteiger partial charge on any atom is 0.228 e. The first-order valence-corrected chi connectivity index (χ1v) is 9.32. The first kappa shape index (κ1) is 19.3. The van der Waals surface area contributed by atoms with Crippen LogP contribution in [-0.4, -0.2) is 12.5 Å². The van der Waals surface area contributed by atoms with Gasteiger partial charge in [0.25, 0.3) is 0 Å². The van der Waals surface area contributed by atoms with Crippen molar-refractivity contribution in [3.63, 3.8) is 0 Å². The maximum atomic E-state index is 12.1. The van der Waals surface area contributed by atoms with Crippen molar-refractivity contribution in [1.29, 1.82) is 0 Å². The molecule has 0 aliphatic carbocycles. The van der Waals surface area contributed by atoms with E-state index < -0.39 is 0 Å². The number of carbonyl (C=O) groups is 1. The van der Waals surface area contributed by atoms with Gasteiger partial charge in [-0.15, -0.1) is 0 Å². The molecule has 2 aromatic carbocycles. The normalized spacial score (nSPS) is 10.5. The lowest BCUT2D eigenvalue weighted by Crippen LogP contribution is -2.14. The molecular weight excluding hydrogens is 334 g/mol. The third-order valence-electron chi connectivity index (χ3n) is 3.93. The number of ether oxygens (including phenoxy) is 1. The molecule has 0 saturated carbocycles. The fourth-order valence-corrected chi connectivity index (χ4v) is 2.65. The lowest BCUT2D eigenvalue weighted by Gasteiger charge is -2.08. The van der Waals surface area contributed by atoms with E-state index in [-0.39, 0.29) is 5.91 Å². The zero-order valence-electron chi connectivity index (χ0n) is 14.8. The molecule has 0 radical (unpaired) electrons. The number of amides is 1. The van der Waals surface area contributed by atoms with Gasteiger partial charge in [0.15, 0.2) is 0 Å². The van der Waals surface area contributed by atoms with Gasteiger partial charge >= 0.3 is 0 Å². The summed E-state index contributed by atoms with van der Waals surface area (Å²) in [5, 5.41) is 3.57. The number of carbonyl (C=O) groups excluding carboxylic acids is 1. The van der Waals surface area contributed by atoms with Crippen LogP contribution in [0.5, 0.6) is 5.75 Å². The van der Waals surface area contributed by atoms with Crippen LogP contribution in [0.3, 0.4) is 0 Å². The SMILES string of the molecule is CCCCCCCOc1ccc(NC(=O)Cc2ccc(Cl)cc2)cc1. The largest absolute Gasteiger partial charge is 0.494 e. The highest BCUT2D eigenvalue weighted by Crippen LogP contribution is 2.17. The van der Waals surface area contributed by atoms with E-state index in [1.165, 1.54) is 25.7 Å². The molecule has 1 N–H and O–H groups in total. The Morgan fingerprint density at radius 2 is 1.64 bits per heavy atom. The fraction of sp³-hybridized carbons (Fsp3) is 0.381. The monoisotopic (exact) mass is 359 g/mol. The van der Waals surface area contributed by atoms with Crippen molar-refractivity contribution in [2.24, 2.45) is 0 Å². The molecule has 0 fully saturated rings. The number of nitrogens with one attached hydrogen (secondary N) is 1. The van der Waals surface area contributed by atoms with Crippen LogP contribution >= 0.6 is 11.6 Å². The summed E-state index contributed by atoms with van der Waals surface area (Å²) in [6.07, 6.45) is 6.45. The van der Waals surface area contributed by atoms with Crippen molar-refractivity contribution < 1.29 is 9.53 Å². The van der Waals surface area contributed by atoms with Gasteiger partial charge in [0.05, 0.1) is 13.0 Å². The van der Waals surface area contributed by atoms with Crippen molar-refractivity contribution in [3.05, 3.63) is 59.1 Å². The number of halogens is 1. The van der Waals surface area contributed by atoms with Gasteiger partial charge in [-0.25, -0.2) is 0 Å². The van der Waals surface area contributed by atoms with Gasteiger partial charge in [-0.2, -0.15) is 0 Å². The minimum atomic E-state index is -0.0492. The third-order valence-corrected chi connectivity index (χ3v) is 4.18. The Kier molecular flexibility index (Phi) is 8.33. The number of anilines is 1. The Labute approximate surface area is 155 Å². The molecule has 3 nitrogen and oxygen atoms in total. The van der Waals surface area contributed by atoms with E-state index in [2.05, 4.69) is 12.2 Å². The van der Waals surface area contributed by atoms with Crippen LogP contribution in [0.2, 0.25) is 5.02 Å². The molecular formula is C21H26ClNO2. The predicted octanol–water partition coefficient (Wildman–Crippen LogP) is 5.87. The zero-order valence-corrected chi connectivity index (χ0v) is 15.5. The van der Waals surface area contributed by atoms with Crippen LogP contribution in [0.15, 0.2) is 48.5 Å². The number of hydrogen-bond donors (Lipinski definition) is 1. The molecule has 2 aromatic rings. The summed E-state index contributed by atoms with van der Waals surface area (Å²) >= 11 is 5.85. The molecule has 0 aromatic heterocycles. The Bertz CT molecular complexity index is 638. The number of hydrogen-bond acceptors (Lipinski definition) is 2. The minimum absolute atomic E-state index is 0.0492. The summed E-state index contributed by atoms with van der Waals surface area (Å²) in [6.45, 7) is 2.96. The molecule has 0 saturated heterocycles. The van der Waals surface area contributed by atoms with Crippen molar-refractivity contribution in [2.75, 3.05) is 11.9 Å². The van der Waals surface area contributed by atoms with Crippen molar-refractivity contribution in [3.8, 4) is 5.75 Å². The van der Waals surface area contributed by atoms with Gasteiger partial charge in [-0.1, -0.05) is 56.3 Å². The summed E-state index contributed by atoms with van der Waals surface area (Å²) in [7, 11) is 0. The van der Waals surface area contributed by atoms with Crippen LogP contribution in [-0.2, 0) is 11.2 Å². The fourth-order valence-electron chi connectivity index (χ4n) is 2.52. The Hall–Kier alpha value is -2.00. The second kappa shape index (κ2) is 10.8. The van der Waals surface area contributed by atoms with Crippen molar-refractivity contribution in [2.45, 2.75) is 45.4 Å². The summed E-state index contributed by atoms with van der Waals surface area (Å²) in [5.74, 6) is 0.790. The smallest absolute Gasteiger partial charge is 0.228 e. The maximum absolute atomic E-state index is 12.1. The molecule has 4 heteroatoms. The van der Waals surface area contributed by atoms with Crippen LogP contribution in [0.1, 0.15) is 44.6 Å². The van der Waals surface area contributed by atoms with Gasteiger partial charge in [0.2, 0.25) is 5.91 Å². The molecule has 0 aliphatic rings. The molecule has 0 bridgehead atoms. The van der Waals surface area contributed by atoms with E-state index in [4.69, 9.17) is 16.3 Å². The van der Waals surface area contributed by atoms with Gasteiger partial charge in [-0.3, -0.25) is 4.79 Å². The highest BCUT2D eigenvalue weighted by molar-refractivity contribution is 6.30. The first-order valence-electron chi connectivity index (χ1n) is 8.94. The average Bonchev–Trinajstić information content (AvgIpc) is 2.61. The number of rotatable bonds is 10. The van der Waals surface area contributed by atoms with E-state index in [0.29, 0.717) is 11.4 Å². The summed E-state index contributed by atoms with van der Waals surface area (Å²) in [6, 6.07) is 14.8. The summed E-state index contributed by atoms with van der Waals surface area (Å²) < 4.78 is 5.73. The molecule has 1 amide bonds. The van der Waals surface area contributed by atoms with E-state index in [0.717, 1.165) is 30.0 Å². The molecule has 0 spiro atoms. The second-order valence-corrected chi connectivity index (χ2v) is 6.57. The van der Waals surface area contributed by atoms with E-state index in [1.54, 1.807) is 12.1 Å². The highest BCUT2D eigenvalue weighted by atomic mass is 35.5. The topological polar surface area (TPSA) is 38.3 Å². The Morgan fingerprint density at radius 3 is 2.32 bits per heavy atom. The first-order chi connectivity index (χ1) is 12.2. The average molecular weight is 360 g/mol. The van der Waals surface area contributed by atoms with Crippen LogP contribution in [0.4, 0.5) is 5.69 Å². The van der Waals surface area contributed by atoms with Gasteiger partial charge in [-0.05, 0) is 48.4 Å².